The van der Waals surface area contributed by atoms with Gasteiger partial charge in [0.2, 0.25) is 5.91 Å². The summed E-state index contributed by atoms with van der Waals surface area (Å²) in [6.45, 7) is 1.91. The van der Waals surface area contributed by atoms with Crippen molar-refractivity contribution in [2.45, 2.75) is 44.3 Å². The number of hydrogen-bond acceptors (Lipinski definition) is 6. The maximum atomic E-state index is 13.8. The summed E-state index contributed by atoms with van der Waals surface area (Å²) in [6.07, 6.45) is 5.65. The van der Waals surface area contributed by atoms with Gasteiger partial charge < -0.3 is 9.73 Å². The number of amides is 1. The van der Waals surface area contributed by atoms with Gasteiger partial charge in [-0.2, -0.15) is 0 Å². The van der Waals surface area contributed by atoms with Crippen molar-refractivity contribution in [1.82, 2.24) is 9.55 Å². The first-order chi connectivity index (χ1) is 16.0. The Morgan fingerprint density at radius 1 is 1.30 bits per heavy atom. The number of anilines is 1. The summed E-state index contributed by atoms with van der Waals surface area (Å²) < 4.78 is 20.9. The van der Waals surface area contributed by atoms with Gasteiger partial charge in [-0.05, 0) is 68.0 Å². The SMILES string of the molecule is Cc1ccc(NC(=O)CSc2nc3sc4c(c3c(=O)n2Cc2ccco2)CCCC4)cc1F. The Bertz CT molecular complexity index is 1390. The van der Waals surface area contributed by atoms with E-state index in [2.05, 4.69) is 5.32 Å². The number of nitrogens with zero attached hydrogens (tertiary/aromatic N) is 2. The largest absolute Gasteiger partial charge is 0.467 e. The predicted molar refractivity (Wildman–Crippen MR) is 129 cm³/mol. The minimum atomic E-state index is -0.374. The normalized spacial score (nSPS) is 13.3. The van der Waals surface area contributed by atoms with Crippen molar-refractivity contribution in [3.63, 3.8) is 0 Å². The molecule has 4 aromatic rings. The molecule has 1 aliphatic carbocycles. The van der Waals surface area contributed by atoms with Crippen LogP contribution >= 0.6 is 23.1 Å². The molecule has 170 valence electrons. The Balaban J connectivity index is 1.45. The number of carbonyl (C=O) groups is 1. The first kappa shape index (κ1) is 21.9. The van der Waals surface area contributed by atoms with Gasteiger partial charge in [-0.15, -0.1) is 11.3 Å². The number of carbonyl (C=O) groups excluding carboxylic acids is 1. The molecule has 0 spiro atoms. The van der Waals surface area contributed by atoms with E-state index in [0.29, 0.717) is 27.6 Å². The average Bonchev–Trinajstić information content (AvgIpc) is 3.44. The molecule has 0 atom stereocenters. The number of rotatable bonds is 6. The zero-order valence-corrected chi connectivity index (χ0v) is 19.7. The van der Waals surface area contributed by atoms with Gasteiger partial charge >= 0.3 is 0 Å². The number of halogens is 1. The van der Waals surface area contributed by atoms with Gasteiger partial charge in [0.05, 0.1) is 23.9 Å². The number of nitrogens with one attached hydrogen (secondary N) is 1. The molecule has 3 heterocycles. The number of thiophene rings is 1. The quantitative estimate of drug-likeness (QED) is 0.303. The molecule has 0 radical (unpaired) electrons. The van der Waals surface area contributed by atoms with Gasteiger partial charge in [0, 0.05) is 10.6 Å². The maximum Gasteiger partial charge on any atom is 0.263 e. The zero-order valence-electron chi connectivity index (χ0n) is 18.0. The van der Waals surface area contributed by atoms with E-state index in [9.17, 15) is 14.0 Å². The van der Waals surface area contributed by atoms with Crippen LogP contribution in [0.25, 0.3) is 10.2 Å². The summed E-state index contributed by atoms with van der Waals surface area (Å²) in [6, 6.07) is 8.17. The molecular weight excluding hydrogens is 461 g/mol. The highest BCUT2D eigenvalue weighted by Crippen LogP contribution is 2.34. The Hall–Kier alpha value is -2.91. The van der Waals surface area contributed by atoms with E-state index < -0.39 is 0 Å². The van der Waals surface area contributed by atoms with Crippen LogP contribution in [0, 0.1) is 12.7 Å². The summed E-state index contributed by atoms with van der Waals surface area (Å²) in [4.78, 5) is 32.8. The van der Waals surface area contributed by atoms with Crippen LogP contribution in [-0.2, 0) is 24.2 Å². The number of aromatic nitrogens is 2. The predicted octanol–water partition coefficient (Wildman–Crippen LogP) is 5.16. The van der Waals surface area contributed by atoms with E-state index in [0.717, 1.165) is 36.1 Å². The lowest BCUT2D eigenvalue weighted by atomic mass is 9.97. The van der Waals surface area contributed by atoms with E-state index >= 15 is 0 Å². The van der Waals surface area contributed by atoms with E-state index in [1.54, 1.807) is 47.3 Å². The monoisotopic (exact) mass is 483 g/mol. The molecule has 1 aromatic carbocycles. The summed E-state index contributed by atoms with van der Waals surface area (Å²) in [5.74, 6) is 0.00868. The Morgan fingerprint density at radius 3 is 2.94 bits per heavy atom. The molecule has 0 bridgehead atoms. The number of hydrogen-bond donors (Lipinski definition) is 1. The second kappa shape index (κ2) is 9.15. The lowest BCUT2D eigenvalue weighted by Gasteiger charge is -2.13. The molecule has 1 N–H and O–H groups in total. The molecule has 33 heavy (non-hydrogen) atoms. The molecule has 1 amide bonds. The lowest BCUT2D eigenvalue weighted by molar-refractivity contribution is -0.113. The van der Waals surface area contributed by atoms with Crippen molar-refractivity contribution in [2.75, 3.05) is 11.1 Å². The summed E-state index contributed by atoms with van der Waals surface area (Å²) in [5, 5.41) is 3.87. The summed E-state index contributed by atoms with van der Waals surface area (Å²) in [7, 11) is 0. The fraction of sp³-hybridized carbons (Fsp3) is 0.292. The molecule has 6 nitrogen and oxygen atoms in total. The summed E-state index contributed by atoms with van der Waals surface area (Å²) in [5.41, 5.74) is 1.94. The molecule has 0 fully saturated rings. The highest BCUT2D eigenvalue weighted by Gasteiger charge is 2.23. The molecule has 0 aliphatic heterocycles. The van der Waals surface area contributed by atoms with Crippen molar-refractivity contribution in [1.29, 1.82) is 0 Å². The molecule has 5 rings (SSSR count). The zero-order chi connectivity index (χ0) is 22.9. The smallest absolute Gasteiger partial charge is 0.263 e. The van der Waals surface area contributed by atoms with Crippen LogP contribution in [0.5, 0.6) is 0 Å². The van der Waals surface area contributed by atoms with Crippen molar-refractivity contribution in [2.24, 2.45) is 0 Å². The number of thioether (sulfide) groups is 1. The molecule has 3 aromatic heterocycles. The third kappa shape index (κ3) is 4.47. The van der Waals surface area contributed by atoms with Gasteiger partial charge in [-0.25, -0.2) is 9.37 Å². The van der Waals surface area contributed by atoms with Crippen LogP contribution in [-0.4, -0.2) is 21.2 Å². The Labute approximate surface area is 197 Å². The minimum absolute atomic E-state index is 0.0384. The van der Waals surface area contributed by atoms with Gasteiger partial charge in [0.1, 0.15) is 16.4 Å². The van der Waals surface area contributed by atoms with Crippen LogP contribution in [0.3, 0.4) is 0 Å². The van der Waals surface area contributed by atoms with Crippen LogP contribution in [0.2, 0.25) is 0 Å². The van der Waals surface area contributed by atoms with Crippen LogP contribution < -0.4 is 10.9 Å². The Kier molecular flexibility index (Phi) is 6.07. The van der Waals surface area contributed by atoms with E-state index in [1.165, 1.54) is 22.7 Å². The van der Waals surface area contributed by atoms with Crippen molar-refractivity contribution in [3.8, 4) is 0 Å². The number of fused-ring (bicyclic) bond motifs is 3. The van der Waals surface area contributed by atoms with Crippen LogP contribution in [0.1, 0.15) is 34.6 Å². The number of benzene rings is 1. The van der Waals surface area contributed by atoms with Crippen molar-refractivity contribution < 1.29 is 13.6 Å². The molecule has 1 aliphatic rings. The number of furan rings is 1. The second-order valence-corrected chi connectivity index (χ2v) is 10.1. The Morgan fingerprint density at radius 2 is 2.15 bits per heavy atom. The average molecular weight is 484 g/mol. The van der Waals surface area contributed by atoms with E-state index in [1.807, 2.05) is 6.07 Å². The molecule has 0 saturated carbocycles. The molecule has 0 saturated heterocycles. The van der Waals surface area contributed by atoms with Crippen molar-refractivity contribution in [3.05, 3.63) is 74.5 Å². The summed E-state index contributed by atoms with van der Waals surface area (Å²) >= 11 is 2.77. The van der Waals surface area contributed by atoms with E-state index in [4.69, 9.17) is 9.40 Å². The van der Waals surface area contributed by atoms with Crippen LogP contribution in [0.15, 0.2) is 51.0 Å². The van der Waals surface area contributed by atoms with Gasteiger partial charge in [0.25, 0.3) is 5.56 Å². The highest BCUT2D eigenvalue weighted by atomic mass is 32.2. The maximum absolute atomic E-state index is 13.8. The fourth-order valence-electron chi connectivity index (χ4n) is 4.03. The standard InChI is InChI=1S/C24H22FN3O3S2/c1-14-8-9-15(11-18(14)25)26-20(29)13-32-24-27-22-21(17-6-2-3-7-19(17)33-22)23(30)28(24)12-16-5-4-10-31-16/h4-5,8-11H,2-3,6-7,12-13H2,1H3,(H,26,29). The van der Waals surface area contributed by atoms with Crippen molar-refractivity contribution >= 4 is 44.9 Å². The third-order valence-electron chi connectivity index (χ3n) is 5.72. The first-order valence-corrected chi connectivity index (χ1v) is 12.6. The molecular formula is C24H22FN3O3S2. The van der Waals surface area contributed by atoms with Gasteiger partial charge in [-0.1, -0.05) is 17.8 Å². The third-order valence-corrected chi connectivity index (χ3v) is 7.88. The first-order valence-electron chi connectivity index (χ1n) is 10.8. The number of aryl methyl sites for hydroxylation is 3. The fourth-order valence-corrected chi connectivity index (χ4v) is 6.13. The molecule has 0 unspecified atom stereocenters. The van der Waals surface area contributed by atoms with Crippen LogP contribution in [0.4, 0.5) is 10.1 Å². The van der Waals surface area contributed by atoms with E-state index in [-0.39, 0.29) is 29.6 Å². The second-order valence-electron chi connectivity index (χ2n) is 8.06. The topological polar surface area (TPSA) is 77.1 Å². The minimum Gasteiger partial charge on any atom is -0.467 e. The van der Waals surface area contributed by atoms with Gasteiger partial charge in [0.15, 0.2) is 5.16 Å². The van der Waals surface area contributed by atoms with Gasteiger partial charge in [-0.3, -0.25) is 14.2 Å². The highest BCUT2D eigenvalue weighted by molar-refractivity contribution is 7.99. The lowest BCUT2D eigenvalue weighted by Crippen LogP contribution is -2.25. The molecule has 9 heteroatoms.